The molecule has 2 aromatic carbocycles. The highest BCUT2D eigenvalue weighted by molar-refractivity contribution is 7.92. The lowest BCUT2D eigenvalue weighted by Crippen LogP contribution is -2.25. The van der Waals surface area contributed by atoms with E-state index in [1.165, 1.54) is 6.07 Å². The number of nitrogens with one attached hydrogen (secondary N) is 2. The third-order valence-electron chi connectivity index (χ3n) is 3.29. The van der Waals surface area contributed by atoms with Gasteiger partial charge in [-0.15, -0.1) is 0 Å². The molecule has 0 saturated heterocycles. The number of methoxy groups -OCH3 is 1. The van der Waals surface area contributed by atoms with Crippen LogP contribution in [0.25, 0.3) is 0 Å². The van der Waals surface area contributed by atoms with Gasteiger partial charge in [0.15, 0.2) is 0 Å². The molecule has 0 aliphatic heterocycles. The monoisotopic (exact) mass is 348 g/mol. The number of hydrogen-bond donors (Lipinski definition) is 2. The first-order chi connectivity index (χ1) is 11.4. The molecule has 7 heteroatoms. The molecule has 0 aromatic heterocycles. The zero-order valence-corrected chi connectivity index (χ0v) is 14.4. The van der Waals surface area contributed by atoms with Gasteiger partial charge in [-0.2, -0.15) is 0 Å². The summed E-state index contributed by atoms with van der Waals surface area (Å²) >= 11 is 0. The first-order valence-electron chi connectivity index (χ1n) is 7.36. The van der Waals surface area contributed by atoms with Gasteiger partial charge in [0.2, 0.25) is 10.0 Å². The lowest BCUT2D eigenvalue weighted by Gasteiger charge is -2.08. The number of sulfonamides is 1. The summed E-state index contributed by atoms with van der Waals surface area (Å²) in [5.74, 6) is 0.540. The summed E-state index contributed by atoms with van der Waals surface area (Å²) in [6.07, 6.45) is 1.76. The maximum Gasteiger partial charge on any atom is 0.251 e. The molecule has 0 aliphatic rings. The predicted molar refractivity (Wildman–Crippen MR) is 93.9 cm³/mol. The second kappa shape index (κ2) is 7.83. The van der Waals surface area contributed by atoms with E-state index in [1.54, 1.807) is 25.3 Å². The van der Waals surface area contributed by atoms with Crippen molar-refractivity contribution >= 4 is 21.6 Å². The Kier molecular flexibility index (Phi) is 5.81. The van der Waals surface area contributed by atoms with Crippen LogP contribution in [0.1, 0.15) is 15.9 Å². The fourth-order valence-corrected chi connectivity index (χ4v) is 2.71. The highest BCUT2D eigenvalue weighted by atomic mass is 32.2. The molecule has 2 rings (SSSR count). The normalized spacial score (nSPS) is 10.9. The first-order valence-corrected chi connectivity index (χ1v) is 9.25. The minimum Gasteiger partial charge on any atom is -0.497 e. The summed E-state index contributed by atoms with van der Waals surface area (Å²) in [6, 6.07) is 14.0. The van der Waals surface area contributed by atoms with Gasteiger partial charge in [-0.25, -0.2) is 8.42 Å². The molecule has 128 valence electrons. The molecule has 24 heavy (non-hydrogen) atoms. The SMILES string of the molecule is COc1ccc(CCNC(=O)c2cccc(NS(C)(=O)=O)c2)cc1. The molecule has 0 atom stereocenters. The van der Waals surface area contributed by atoms with Crippen molar-refractivity contribution in [2.24, 2.45) is 0 Å². The molecule has 0 aliphatic carbocycles. The molecule has 0 radical (unpaired) electrons. The van der Waals surface area contributed by atoms with E-state index in [1.807, 2.05) is 24.3 Å². The van der Waals surface area contributed by atoms with E-state index in [9.17, 15) is 13.2 Å². The summed E-state index contributed by atoms with van der Waals surface area (Å²) in [7, 11) is -1.76. The van der Waals surface area contributed by atoms with Crippen LogP contribution in [0.4, 0.5) is 5.69 Å². The fraction of sp³-hybridized carbons (Fsp3) is 0.235. The van der Waals surface area contributed by atoms with Crippen molar-refractivity contribution in [3.8, 4) is 5.75 Å². The molecule has 0 saturated carbocycles. The van der Waals surface area contributed by atoms with Crippen molar-refractivity contribution in [2.75, 3.05) is 24.6 Å². The topological polar surface area (TPSA) is 84.5 Å². The standard InChI is InChI=1S/C17H20N2O4S/c1-23-16-8-6-13(7-9-16)10-11-18-17(20)14-4-3-5-15(12-14)19-24(2,21)22/h3-9,12,19H,10-11H2,1-2H3,(H,18,20). The number of anilines is 1. The lowest BCUT2D eigenvalue weighted by atomic mass is 10.1. The highest BCUT2D eigenvalue weighted by Gasteiger charge is 2.08. The Balaban J connectivity index is 1.91. The van der Waals surface area contributed by atoms with E-state index >= 15 is 0 Å². The fourth-order valence-electron chi connectivity index (χ4n) is 2.15. The first kappa shape index (κ1) is 17.8. The third-order valence-corrected chi connectivity index (χ3v) is 3.89. The van der Waals surface area contributed by atoms with Crippen molar-refractivity contribution < 1.29 is 17.9 Å². The van der Waals surface area contributed by atoms with Gasteiger partial charge in [0.05, 0.1) is 13.4 Å². The number of benzene rings is 2. The van der Waals surface area contributed by atoms with E-state index < -0.39 is 10.0 Å². The molecule has 0 fully saturated rings. The summed E-state index contributed by atoms with van der Waals surface area (Å²) < 4.78 is 29.9. The zero-order chi connectivity index (χ0) is 17.6. The minimum atomic E-state index is -3.37. The van der Waals surface area contributed by atoms with Crippen LogP contribution in [-0.4, -0.2) is 34.2 Å². The largest absolute Gasteiger partial charge is 0.497 e. The van der Waals surface area contributed by atoms with Gasteiger partial charge in [-0.3, -0.25) is 9.52 Å². The second-order valence-corrected chi connectivity index (χ2v) is 7.06. The maximum absolute atomic E-state index is 12.1. The number of ether oxygens (including phenoxy) is 1. The maximum atomic E-state index is 12.1. The Labute approximate surface area is 141 Å². The second-order valence-electron chi connectivity index (χ2n) is 5.31. The van der Waals surface area contributed by atoms with Crippen LogP contribution >= 0.6 is 0 Å². The molecule has 6 nitrogen and oxygen atoms in total. The van der Waals surface area contributed by atoms with Gasteiger partial charge in [0, 0.05) is 17.8 Å². The Bertz CT molecular complexity index is 802. The van der Waals surface area contributed by atoms with E-state index in [0.717, 1.165) is 17.6 Å². The van der Waals surface area contributed by atoms with Crippen molar-refractivity contribution in [3.63, 3.8) is 0 Å². The summed E-state index contributed by atoms with van der Waals surface area (Å²) in [5, 5.41) is 2.82. The van der Waals surface area contributed by atoms with Crippen LogP contribution in [0.5, 0.6) is 5.75 Å². The van der Waals surface area contributed by atoms with Crippen LogP contribution in [0, 0.1) is 0 Å². The number of rotatable bonds is 7. The molecule has 2 aromatic rings. The Hall–Kier alpha value is -2.54. The van der Waals surface area contributed by atoms with Gasteiger partial charge >= 0.3 is 0 Å². The third kappa shape index (κ3) is 5.58. The number of amides is 1. The number of carbonyl (C=O) groups is 1. The minimum absolute atomic E-state index is 0.249. The summed E-state index contributed by atoms with van der Waals surface area (Å²) in [5.41, 5.74) is 1.85. The Morgan fingerprint density at radius 1 is 1.12 bits per heavy atom. The van der Waals surface area contributed by atoms with Crippen molar-refractivity contribution in [3.05, 3.63) is 59.7 Å². The van der Waals surface area contributed by atoms with E-state index in [0.29, 0.717) is 24.2 Å². The quantitative estimate of drug-likeness (QED) is 0.802. The van der Waals surface area contributed by atoms with Gasteiger partial charge in [0.1, 0.15) is 5.75 Å². The molecule has 1 amide bonds. The average Bonchev–Trinajstić information content (AvgIpc) is 2.54. The Morgan fingerprint density at radius 2 is 1.83 bits per heavy atom. The van der Waals surface area contributed by atoms with E-state index in [2.05, 4.69) is 10.0 Å². The molecule has 0 unspecified atom stereocenters. The van der Waals surface area contributed by atoms with Crippen LogP contribution in [0.2, 0.25) is 0 Å². The highest BCUT2D eigenvalue weighted by Crippen LogP contribution is 2.13. The number of hydrogen-bond acceptors (Lipinski definition) is 4. The lowest BCUT2D eigenvalue weighted by molar-refractivity contribution is 0.0954. The van der Waals surface area contributed by atoms with Gasteiger partial charge in [-0.1, -0.05) is 18.2 Å². The molecule has 0 bridgehead atoms. The van der Waals surface area contributed by atoms with Crippen molar-refractivity contribution in [1.29, 1.82) is 0 Å². The van der Waals surface area contributed by atoms with Gasteiger partial charge in [-0.05, 0) is 42.3 Å². The van der Waals surface area contributed by atoms with Crippen LogP contribution < -0.4 is 14.8 Å². The summed E-state index contributed by atoms with van der Waals surface area (Å²) in [4.78, 5) is 12.1. The predicted octanol–water partition coefficient (Wildman–Crippen LogP) is 2.04. The Morgan fingerprint density at radius 3 is 2.46 bits per heavy atom. The summed E-state index contributed by atoms with van der Waals surface area (Å²) in [6.45, 7) is 0.481. The molecule has 0 spiro atoms. The smallest absolute Gasteiger partial charge is 0.251 e. The van der Waals surface area contributed by atoms with Gasteiger partial charge < -0.3 is 10.1 Å². The van der Waals surface area contributed by atoms with Crippen LogP contribution in [-0.2, 0) is 16.4 Å². The molecule has 2 N–H and O–H groups in total. The molecular weight excluding hydrogens is 328 g/mol. The van der Waals surface area contributed by atoms with E-state index in [4.69, 9.17) is 4.74 Å². The van der Waals surface area contributed by atoms with Crippen molar-refractivity contribution in [1.82, 2.24) is 5.32 Å². The van der Waals surface area contributed by atoms with Crippen molar-refractivity contribution in [2.45, 2.75) is 6.42 Å². The average molecular weight is 348 g/mol. The van der Waals surface area contributed by atoms with Gasteiger partial charge in [0.25, 0.3) is 5.91 Å². The molecule has 0 heterocycles. The number of carbonyl (C=O) groups excluding carboxylic acids is 1. The zero-order valence-electron chi connectivity index (χ0n) is 13.6. The van der Waals surface area contributed by atoms with Crippen LogP contribution in [0.3, 0.4) is 0 Å². The van der Waals surface area contributed by atoms with E-state index in [-0.39, 0.29) is 5.91 Å². The van der Waals surface area contributed by atoms with Crippen LogP contribution in [0.15, 0.2) is 48.5 Å². The molecular formula is C17H20N2O4S.